The lowest BCUT2D eigenvalue weighted by molar-refractivity contribution is 0.0948. The molecule has 100 valence electrons. The summed E-state index contributed by atoms with van der Waals surface area (Å²) in [4.78, 5) is 16.3. The molecule has 0 bridgehead atoms. The van der Waals surface area contributed by atoms with Gasteiger partial charge in [0, 0.05) is 11.9 Å². The second-order valence-electron chi connectivity index (χ2n) is 4.86. The van der Waals surface area contributed by atoms with E-state index in [9.17, 15) is 4.79 Å². The number of aromatic nitrogens is 1. The lowest BCUT2D eigenvalue weighted by Gasteiger charge is -2.13. The van der Waals surface area contributed by atoms with Crippen LogP contribution in [-0.2, 0) is 0 Å². The van der Waals surface area contributed by atoms with Crippen molar-refractivity contribution in [1.29, 1.82) is 0 Å². The van der Waals surface area contributed by atoms with Crippen LogP contribution in [0.2, 0.25) is 0 Å². The standard InChI is InChI=1S/C15H17ClN2O/c1-10(2)12(16)9-17-15(19)14-8-7-11-5-3-4-6-13(11)18-14/h3-8,10,12H,9H2,1-2H3,(H,17,19). The van der Waals surface area contributed by atoms with Gasteiger partial charge in [0.1, 0.15) is 5.69 Å². The third kappa shape index (κ3) is 3.44. The molecule has 4 heteroatoms. The van der Waals surface area contributed by atoms with Gasteiger partial charge in [-0.05, 0) is 18.1 Å². The molecule has 2 rings (SSSR count). The molecule has 0 spiro atoms. The van der Waals surface area contributed by atoms with E-state index in [1.54, 1.807) is 6.07 Å². The highest BCUT2D eigenvalue weighted by atomic mass is 35.5. The monoisotopic (exact) mass is 276 g/mol. The predicted molar refractivity (Wildman–Crippen MR) is 78.6 cm³/mol. The maximum absolute atomic E-state index is 12.0. The average Bonchev–Trinajstić information content (AvgIpc) is 2.43. The number of pyridine rings is 1. The average molecular weight is 277 g/mol. The Hall–Kier alpha value is -1.61. The van der Waals surface area contributed by atoms with Crippen LogP contribution in [0.15, 0.2) is 36.4 Å². The Morgan fingerprint density at radius 3 is 2.74 bits per heavy atom. The maximum atomic E-state index is 12.0. The fourth-order valence-corrected chi connectivity index (χ4v) is 1.79. The van der Waals surface area contributed by atoms with E-state index >= 15 is 0 Å². The number of carbonyl (C=O) groups excluding carboxylic acids is 1. The number of rotatable bonds is 4. The molecular weight excluding hydrogens is 260 g/mol. The second-order valence-corrected chi connectivity index (χ2v) is 5.42. The van der Waals surface area contributed by atoms with Gasteiger partial charge in [-0.25, -0.2) is 4.98 Å². The lowest BCUT2D eigenvalue weighted by atomic mass is 10.1. The summed E-state index contributed by atoms with van der Waals surface area (Å²) >= 11 is 6.11. The van der Waals surface area contributed by atoms with Gasteiger partial charge < -0.3 is 5.32 Å². The minimum absolute atomic E-state index is 0.0654. The molecule has 2 aromatic rings. The molecule has 1 aromatic heterocycles. The molecule has 19 heavy (non-hydrogen) atoms. The number of benzene rings is 1. The number of carbonyl (C=O) groups is 1. The molecule has 0 fully saturated rings. The quantitative estimate of drug-likeness (QED) is 0.871. The highest BCUT2D eigenvalue weighted by Gasteiger charge is 2.13. The summed E-state index contributed by atoms with van der Waals surface area (Å²) in [7, 11) is 0. The van der Waals surface area contributed by atoms with Gasteiger partial charge in [-0.15, -0.1) is 11.6 Å². The van der Waals surface area contributed by atoms with Crippen LogP contribution >= 0.6 is 11.6 Å². The Kier molecular flexibility index (Phi) is 4.38. The van der Waals surface area contributed by atoms with E-state index in [1.807, 2.05) is 44.2 Å². The predicted octanol–water partition coefficient (Wildman–Crippen LogP) is 3.23. The van der Waals surface area contributed by atoms with Crippen molar-refractivity contribution < 1.29 is 4.79 Å². The fraction of sp³-hybridized carbons (Fsp3) is 0.333. The minimum atomic E-state index is -0.183. The van der Waals surface area contributed by atoms with Gasteiger partial charge >= 0.3 is 0 Å². The van der Waals surface area contributed by atoms with Crippen LogP contribution < -0.4 is 5.32 Å². The number of alkyl halides is 1. The first kappa shape index (κ1) is 13.8. The Morgan fingerprint density at radius 2 is 2.00 bits per heavy atom. The van der Waals surface area contributed by atoms with Gasteiger partial charge in [-0.3, -0.25) is 4.79 Å². The lowest BCUT2D eigenvalue weighted by Crippen LogP contribution is -2.32. The zero-order chi connectivity index (χ0) is 13.8. The number of hydrogen-bond donors (Lipinski definition) is 1. The third-order valence-electron chi connectivity index (χ3n) is 3.01. The number of amides is 1. The summed E-state index contributed by atoms with van der Waals surface area (Å²) in [6, 6.07) is 11.4. The first-order valence-corrected chi connectivity index (χ1v) is 6.79. The van der Waals surface area contributed by atoms with Crippen molar-refractivity contribution >= 4 is 28.4 Å². The van der Waals surface area contributed by atoms with Gasteiger partial charge in [0.2, 0.25) is 0 Å². The van der Waals surface area contributed by atoms with Crippen molar-refractivity contribution in [2.24, 2.45) is 5.92 Å². The highest BCUT2D eigenvalue weighted by molar-refractivity contribution is 6.21. The summed E-state index contributed by atoms with van der Waals surface area (Å²) in [5.41, 5.74) is 1.24. The van der Waals surface area contributed by atoms with Gasteiger partial charge in [-0.1, -0.05) is 38.1 Å². The summed E-state index contributed by atoms with van der Waals surface area (Å²) < 4.78 is 0. The van der Waals surface area contributed by atoms with Crippen LogP contribution in [-0.4, -0.2) is 22.8 Å². The van der Waals surface area contributed by atoms with E-state index < -0.39 is 0 Å². The van der Waals surface area contributed by atoms with Gasteiger partial charge in [0.05, 0.1) is 10.9 Å². The molecule has 0 saturated carbocycles. The van der Waals surface area contributed by atoms with Crippen molar-refractivity contribution in [2.45, 2.75) is 19.2 Å². The number of halogens is 1. The smallest absolute Gasteiger partial charge is 0.269 e. The normalized spacial score (nSPS) is 12.6. The van der Waals surface area contributed by atoms with E-state index in [0.717, 1.165) is 10.9 Å². The first-order chi connectivity index (χ1) is 9.08. The SMILES string of the molecule is CC(C)C(Cl)CNC(=O)c1ccc2ccccc2n1. The zero-order valence-corrected chi connectivity index (χ0v) is 11.8. The summed E-state index contributed by atoms with van der Waals surface area (Å²) in [5, 5.41) is 3.77. The largest absolute Gasteiger partial charge is 0.349 e. The Balaban J connectivity index is 2.09. The number of nitrogens with one attached hydrogen (secondary N) is 1. The number of fused-ring (bicyclic) bond motifs is 1. The Bertz CT molecular complexity index is 583. The third-order valence-corrected chi connectivity index (χ3v) is 3.67. The fourth-order valence-electron chi connectivity index (χ4n) is 1.71. The van der Waals surface area contributed by atoms with E-state index in [0.29, 0.717) is 18.2 Å². The van der Waals surface area contributed by atoms with Crippen LogP contribution in [0, 0.1) is 5.92 Å². The number of para-hydroxylation sites is 1. The molecule has 1 amide bonds. The highest BCUT2D eigenvalue weighted by Crippen LogP contribution is 2.12. The van der Waals surface area contributed by atoms with Gasteiger partial charge in [0.15, 0.2) is 0 Å². The molecule has 1 unspecified atom stereocenters. The minimum Gasteiger partial charge on any atom is -0.349 e. The molecule has 1 aromatic carbocycles. The molecule has 1 N–H and O–H groups in total. The molecule has 0 radical (unpaired) electrons. The topological polar surface area (TPSA) is 42.0 Å². The van der Waals surface area contributed by atoms with E-state index in [-0.39, 0.29) is 11.3 Å². The molecule has 0 aliphatic carbocycles. The van der Waals surface area contributed by atoms with Crippen LogP contribution in [0.4, 0.5) is 0 Å². The number of nitrogens with zero attached hydrogens (tertiary/aromatic N) is 1. The van der Waals surface area contributed by atoms with Crippen LogP contribution in [0.25, 0.3) is 10.9 Å². The summed E-state index contributed by atoms with van der Waals surface area (Å²) in [6.07, 6.45) is 0. The molecule has 0 aliphatic heterocycles. The molecular formula is C15H17ClN2O. The summed E-state index contributed by atoms with van der Waals surface area (Å²) in [6.45, 7) is 4.50. The van der Waals surface area contributed by atoms with Gasteiger partial charge in [0.25, 0.3) is 5.91 Å². The van der Waals surface area contributed by atoms with Crippen molar-refractivity contribution in [1.82, 2.24) is 10.3 Å². The number of hydrogen-bond acceptors (Lipinski definition) is 2. The molecule has 0 aliphatic rings. The van der Waals surface area contributed by atoms with Crippen LogP contribution in [0.1, 0.15) is 24.3 Å². The van der Waals surface area contributed by atoms with E-state index in [4.69, 9.17) is 11.6 Å². The van der Waals surface area contributed by atoms with Crippen molar-refractivity contribution in [3.05, 3.63) is 42.1 Å². The molecule has 1 heterocycles. The Labute approximate surface area is 118 Å². The maximum Gasteiger partial charge on any atom is 0.269 e. The second kappa shape index (κ2) is 6.02. The van der Waals surface area contributed by atoms with Crippen molar-refractivity contribution in [2.75, 3.05) is 6.54 Å². The van der Waals surface area contributed by atoms with Crippen LogP contribution in [0.5, 0.6) is 0 Å². The van der Waals surface area contributed by atoms with E-state index in [2.05, 4.69) is 10.3 Å². The molecule has 1 atom stereocenters. The molecule has 0 saturated heterocycles. The Morgan fingerprint density at radius 1 is 1.26 bits per heavy atom. The first-order valence-electron chi connectivity index (χ1n) is 6.36. The van der Waals surface area contributed by atoms with Crippen molar-refractivity contribution in [3.8, 4) is 0 Å². The van der Waals surface area contributed by atoms with E-state index in [1.165, 1.54) is 0 Å². The molecule has 3 nitrogen and oxygen atoms in total. The van der Waals surface area contributed by atoms with Crippen molar-refractivity contribution in [3.63, 3.8) is 0 Å². The summed E-state index contributed by atoms with van der Waals surface area (Å²) in [5.74, 6) is 0.142. The van der Waals surface area contributed by atoms with Gasteiger partial charge in [-0.2, -0.15) is 0 Å². The van der Waals surface area contributed by atoms with Crippen LogP contribution in [0.3, 0.4) is 0 Å². The zero-order valence-electron chi connectivity index (χ0n) is 11.1.